The van der Waals surface area contributed by atoms with E-state index in [0.717, 1.165) is 0 Å². The van der Waals surface area contributed by atoms with E-state index in [9.17, 15) is 9.18 Å². The smallest absolute Gasteiger partial charge is 0.276 e. The minimum Gasteiger partial charge on any atom is -0.470 e. The molecule has 0 radical (unpaired) electrons. The zero-order chi connectivity index (χ0) is 22.7. The number of benzene rings is 2. The molecule has 2 aromatic heterocycles. The summed E-state index contributed by atoms with van der Waals surface area (Å²) in [6, 6.07) is 10.9. The molecule has 0 aliphatic carbocycles. The van der Waals surface area contributed by atoms with Crippen molar-refractivity contribution in [1.29, 1.82) is 0 Å². The maximum Gasteiger partial charge on any atom is 0.276 e. The highest BCUT2D eigenvalue weighted by atomic mass is 79.9. The normalized spacial score (nSPS) is 10.9. The third-order valence-corrected chi connectivity index (χ3v) is 5.56. The highest BCUT2D eigenvalue weighted by molar-refractivity contribution is 9.10. The number of amides is 1. The van der Waals surface area contributed by atoms with Crippen molar-refractivity contribution < 1.29 is 13.9 Å². The van der Waals surface area contributed by atoms with Crippen molar-refractivity contribution in [2.75, 3.05) is 5.32 Å². The number of hydrogen-bond acceptors (Lipinski definition) is 4. The average molecular weight is 539 g/mol. The van der Waals surface area contributed by atoms with Crippen molar-refractivity contribution in [3.63, 3.8) is 0 Å². The van der Waals surface area contributed by atoms with Crippen LogP contribution in [0.1, 0.15) is 16.1 Å². The molecule has 0 spiro atoms. The molecular formula is C21H15BrCl2FN5O2. The van der Waals surface area contributed by atoms with Gasteiger partial charge in [0, 0.05) is 22.4 Å². The second-order valence-electron chi connectivity index (χ2n) is 6.71. The van der Waals surface area contributed by atoms with Gasteiger partial charge in [0.25, 0.3) is 5.91 Å². The quantitative estimate of drug-likeness (QED) is 0.331. The van der Waals surface area contributed by atoms with E-state index in [0.29, 0.717) is 38.1 Å². The summed E-state index contributed by atoms with van der Waals surface area (Å²) in [7, 11) is 0. The molecule has 2 aromatic carbocycles. The van der Waals surface area contributed by atoms with Crippen molar-refractivity contribution in [2.24, 2.45) is 0 Å². The third-order valence-electron chi connectivity index (χ3n) is 4.36. The van der Waals surface area contributed by atoms with E-state index in [-0.39, 0.29) is 12.4 Å². The van der Waals surface area contributed by atoms with Gasteiger partial charge in [-0.1, -0.05) is 29.3 Å². The van der Waals surface area contributed by atoms with E-state index in [1.165, 1.54) is 23.0 Å². The summed E-state index contributed by atoms with van der Waals surface area (Å²) in [5, 5.41) is 12.1. The van der Waals surface area contributed by atoms with Crippen LogP contribution in [0.25, 0.3) is 0 Å². The van der Waals surface area contributed by atoms with Gasteiger partial charge in [0.1, 0.15) is 11.6 Å². The van der Waals surface area contributed by atoms with Crippen molar-refractivity contribution in [3.8, 4) is 5.75 Å². The van der Waals surface area contributed by atoms with Gasteiger partial charge in [-0.2, -0.15) is 10.2 Å². The van der Waals surface area contributed by atoms with Gasteiger partial charge in [0.05, 0.1) is 22.9 Å². The zero-order valence-corrected chi connectivity index (χ0v) is 19.4. The molecule has 1 amide bonds. The number of carbonyl (C=O) groups excluding carboxylic acids is 1. The fraction of sp³-hybridized carbons (Fsp3) is 0.0952. The molecule has 0 aliphatic heterocycles. The lowest BCUT2D eigenvalue weighted by atomic mass is 10.2. The highest BCUT2D eigenvalue weighted by Gasteiger charge is 2.12. The molecule has 4 rings (SSSR count). The fourth-order valence-corrected chi connectivity index (χ4v) is 3.84. The highest BCUT2D eigenvalue weighted by Crippen LogP contribution is 2.28. The molecule has 0 bridgehead atoms. The van der Waals surface area contributed by atoms with Gasteiger partial charge in [0.2, 0.25) is 0 Å². The number of anilines is 1. The Bertz CT molecular complexity index is 1280. The van der Waals surface area contributed by atoms with Crippen LogP contribution >= 0.6 is 39.1 Å². The molecule has 4 aromatic rings. The van der Waals surface area contributed by atoms with Crippen LogP contribution in [0.3, 0.4) is 0 Å². The summed E-state index contributed by atoms with van der Waals surface area (Å²) in [4.78, 5) is 12.5. The van der Waals surface area contributed by atoms with E-state index >= 15 is 0 Å². The number of aromatic nitrogens is 4. The van der Waals surface area contributed by atoms with Crippen LogP contribution in [0.5, 0.6) is 5.75 Å². The summed E-state index contributed by atoms with van der Waals surface area (Å²) in [5.74, 6) is -0.196. The predicted molar refractivity (Wildman–Crippen MR) is 123 cm³/mol. The fourth-order valence-electron chi connectivity index (χ4n) is 2.82. The van der Waals surface area contributed by atoms with Crippen LogP contribution in [0.4, 0.5) is 10.1 Å². The third kappa shape index (κ3) is 5.48. The number of carbonyl (C=O) groups is 1. The van der Waals surface area contributed by atoms with Gasteiger partial charge in [-0.3, -0.25) is 9.48 Å². The van der Waals surface area contributed by atoms with Crippen LogP contribution in [0, 0.1) is 5.82 Å². The van der Waals surface area contributed by atoms with E-state index in [2.05, 4.69) is 31.4 Å². The van der Waals surface area contributed by atoms with Crippen LogP contribution in [0.2, 0.25) is 10.0 Å². The Morgan fingerprint density at radius 3 is 2.78 bits per heavy atom. The first-order chi connectivity index (χ1) is 15.4. The number of rotatable bonds is 7. The first-order valence-electron chi connectivity index (χ1n) is 9.26. The Labute approximate surface area is 200 Å². The molecule has 0 saturated heterocycles. The number of nitrogens with one attached hydrogen (secondary N) is 1. The largest absolute Gasteiger partial charge is 0.470 e. The molecule has 7 nitrogen and oxygen atoms in total. The van der Waals surface area contributed by atoms with Gasteiger partial charge in [-0.15, -0.1) is 0 Å². The molecule has 2 heterocycles. The van der Waals surface area contributed by atoms with Crippen LogP contribution < -0.4 is 10.1 Å². The summed E-state index contributed by atoms with van der Waals surface area (Å²) in [6.45, 7) is 0.449. The first-order valence-corrected chi connectivity index (χ1v) is 10.8. The maximum atomic E-state index is 13.2. The van der Waals surface area contributed by atoms with Gasteiger partial charge >= 0.3 is 0 Å². The number of halogens is 4. The predicted octanol–water partition coefficient (Wildman–Crippen LogP) is 5.63. The van der Waals surface area contributed by atoms with E-state index in [4.69, 9.17) is 27.9 Å². The molecule has 0 saturated carbocycles. The Balaban J connectivity index is 1.35. The monoisotopic (exact) mass is 537 g/mol. The zero-order valence-electron chi connectivity index (χ0n) is 16.3. The maximum absolute atomic E-state index is 13.2. The second kappa shape index (κ2) is 9.72. The summed E-state index contributed by atoms with van der Waals surface area (Å²) < 4.78 is 22.7. The molecule has 0 aliphatic rings. The van der Waals surface area contributed by atoms with E-state index < -0.39 is 11.7 Å². The minimum absolute atomic E-state index is 0.115. The van der Waals surface area contributed by atoms with Gasteiger partial charge in [0.15, 0.2) is 12.4 Å². The Kier molecular flexibility index (Phi) is 6.78. The summed E-state index contributed by atoms with van der Waals surface area (Å²) in [6.07, 6.45) is 4.79. The molecule has 0 atom stereocenters. The van der Waals surface area contributed by atoms with E-state index in [1.807, 2.05) is 0 Å². The average Bonchev–Trinajstić information content (AvgIpc) is 3.39. The molecule has 11 heteroatoms. The number of nitrogens with zero attached hydrogens (tertiary/aromatic N) is 4. The van der Waals surface area contributed by atoms with E-state index in [1.54, 1.807) is 47.4 Å². The SMILES string of the molecule is O=C(Nc1cnn(Cc2ccc(F)cc2Cl)c1)c1ccn(COc2ccc(Cl)cc2Br)n1. The van der Waals surface area contributed by atoms with Crippen molar-refractivity contribution >= 4 is 50.7 Å². The Morgan fingerprint density at radius 2 is 2.00 bits per heavy atom. The molecular weight excluding hydrogens is 524 g/mol. The molecule has 164 valence electrons. The molecule has 1 N–H and O–H groups in total. The standard InChI is InChI=1S/C21H15BrCl2FN5O2/c22-17-7-14(23)2-4-20(17)32-12-29-6-5-19(28-29)21(31)27-16-9-26-30(11-16)10-13-1-3-15(25)8-18(13)24/h1-9,11H,10,12H2,(H,27,31). The van der Waals surface area contributed by atoms with Crippen molar-refractivity contribution in [3.05, 3.63) is 92.6 Å². The second-order valence-corrected chi connectivity index (χ2v) is 8.40. The summed E-state index contributed by atoms with van der Waals surface area (Å²) >= 11 is 15.4. The lowest BCUT2D eigenvalue weighted by Gasteiger charge is -2.08. The van der Waals surface area contributed by atoms with Crippen LogP contribution in [0.15, 0.2) is 65.5 Å². The van der Waals surface area contributed by atoms with Crippen LogP contribution in [-0.2, 0) is 13.3 Å². The van der Waals surface area contributed by atoms with Crippen LogP contribution in [-0.4, -0.2) is 25.5 Å². The topological polar surface area (TPSA) is 74.0 Å². The molecule has 0 unspecified atom stereocenters. The van der Waals surface area contributed by atoms with Gasteiger partial charge < -0.3 is 10.1 Å². The summed E-state index contributed by atoms with van der Waals surface area (Å²) in [5.41, 5.74) is 1.42. The van der Waals surface area contributed by atoms with Crippen molar-refractivity contribution in [2.45, 2.75) is 13.3 Å². The van der Waals surface area contributed by atoms with Gasteiger partial charge in [-0.05, 0) is 57.9 Å². The lowest BCUT2D eigenvalue weighted by molar-refractivity contribution is 0.102. The number of hydrogen-bond donors (Lipinski definition) is 1. The Hall–Kier alpha value is -2.88. The molecule has 32 heavy (non-hydrogen) atoms. The van der Waals surface area contributed by atoms with Crippen molar-refractivity contribution in [1.82, 2.24) is 19.6 Å². The number of ether oxygens (including phenoxy) is 1. The lowest BCUT2D eigenvalue weighted by Crippen LogP contribution is -2.14. The first kappa shape index (κ1) is 22.3. The van der Waals surface area contributed by atoms with Gasteiger partial charge in [-0.25, -0.2) is 9.07 Å². The minimum atomic E-state index is -0.405. The molecule has 0 fully saturated rings. The Morgan fingerprint density at radius 1 is 1.16 bits per heavy atom.